The van der Waals surface area contributed by atoms with Crippen LogP contribution >= 0.6 is 0 Å². The van der Waals surface area contributed by atoms with Crippen LogP contribution in [-0.4, -0.2) is 89.6 Å². The van der Waals surface area contributed by atoms with Crippen LogP contribution in [0.15, 0.2) is 30.3 Å². The van der Waals surface area contributed by atoms with E-state index < -0.39 is 5.60 Å². The van der Waals surface area contributed by atoms with Crippen LogP contribution < -0.4 is 4.74 Å². The van der Waals surface area contributed by atoms with Crippen molar-refractivity contribution in [1.29, 1.82) is 0 Å². The third-order valence-electron chi connectivity index (χ3n) is 3.63. The summed E-state index contributed by atoms with van der Waals surface area (Å²) in [5.74, 6) is 0.841. The fourth-order valence-corrected chi connectivity index (χ4v) is 2.13. The highest BCUT2D eigenvalue weighted by molar-refractivity contribution is 5.67. The van der Waals surface area contributed by atoms with E-state index in [1.54, 1.807) is 7.05 Å². The molecule has 0 atom stereocenters. The minimum Gasteiger partial charge on any atom is -0.491 e. The molecule has 1 rings (SSSR count). The van der Waals surface area contributed by atoms with Gasteiger partial charge in [0.25, 0.3) is 0 Å². The number of carbonyl (C=O) groups excluding carboxylic acids is 1. The zero-order chi connectivity index (χ0) is 22.1. The molecule has 0 saturated carbocycles. The number of para-hydroxylation sites is 1. The molecule has 0 aliphatic rings. The zero-order valence-corrected chi connectivity index (χ0v) is 18.8. The molecule has 0 aliphatic heterocycles. The number of amides is 1. The number of hydrogen-bond donors (Lipinski definition) is 0. The highest BCUT2D eigenvalue weighted by atomic mass is 16.6. The molecule has 0 unspecified atom stereocenters. The summed E-state index contributed by atoms with van der Waals surface area (Å²) in [6.07, 6.45) is -0.354. The number of nitrogens with zero attached hydrogens (tertiary/aromatic N) is 1. The molecule has 8 nitrogen and oxygen atoms in total. The third-order valence-corrected chi connectivity index (χ3v) is 3.63. The Morgan fingerprint density at radius 2 is 1.23 bits per heavy atom. The van der Waals surface area contributed by atoms with Crippen molar-refractivity contribution in [2.45, 2.75) is 26.4 Å². The van der Waals surface area contributed by atoms with Crippen LogP contribution in [0, 0.1) is 0 Å². The second kappa shape index (κ2) is 15.9. The molecular formula is C22H37NO7. The van der Waals surface area contributed by atoms with Gasteiger partial charge in [0.05, 0.1) is 52.9 Å². The SMILES string of the molecule is CN(CCOCCOCCOCCOCCOc1ccccc1)C(=O)OC(C)(C)C. The summed E-state index contributed by atoms with van der Waals surface area (Å²) in [7, 11) is 1.69. The lowest BCUT2D eigenvalue weighted by Crippen LogP contribution is -2.36. The first kappa shape index (κ1) is 26.2. The largest absolute Gasteiger partial charge is 0.491 e. The Morgan fingerprint density at radius 1 is 0.767 bits per heavy atom. The number of benzene rings is 1. The van der Waals surface area contributed by atoms with Gasteiger partial charge in [-0.15, -0.1) is 0 Å². The molecule has 8 heteroatoms. The number of likely N-dealkylation sites (N-methyl/N-ethyl adjacent to an activating group) is 1. The second-order valence-electron chi connectivity index (χ2n) is 7.51. The number of carbonyl (C=O) groups is 1. The van der Waals surface area contributed by atoms with Gasteiger partial charge in [-0.05, 0) is 32.9 Å². The van der Waals surface area contributed by atoms with Crippen molar-refractivity contribution < 1.29 is 33.2 Å². The van der Waals surface area contributed by atoms with Gasteiger partial charge in [-0.3, -0.25) is 0 Å². The number of ether oxygens (including phenoxy) is 6. The molecular weight excluding hydrogens is 390 g/mol. The van der Waals surface area contributed by atoms with E-state index in [1.807, 2.05) is 51.1 Å². The lowest BCUT2D eigenvalue weighted by Gasteiger charge is -2.24. The highest BCUT2D eigenvalue weighted by Gasteiger charge is 2.19. The van der Waals surface area contributed by atoms with Crippen LogP contribution in [-0.2, 0) is 23.7 Å². The quantitative estimate of drug-likeness (QED) is 0.375. The smallest absolute Gasteiger partial charge is 0.410 e. The van der Waals surface area contributed by atoms with Gasteiger partial charge in [-0.2, -0.15) is 0 Å². The minimum atomic E-state index is -0.495. The van der Waals surface area contributed by atoms with Crippen LogP contribution in [0.25, 0.3) is 0 Å². The standard InChI is InChI=1S/C22H37NO7/c1-22(2,3)30-21(24)23(4)10-11-25-12-13-26-14-15-27-16-17-28-18-19-29-20-8-6-5-7-9-20/h5-9H,10-19H2,1-4H3. The van der Waals surface area contributed by atoms with E-state index in [1.165, 1.54) is 4.90 Å². The molecule has 0 N–H and O–H groups in total. The third kappa shape index (κ3) is 15.0. The Balaban J connectivity index is 1.80. The van der Waals surface area contributed by atoms with Gasteiger partial charge < -0.3 is 33.3 Å². The summed E-state index contributed by atoms with van der Waals surface area (Å²) in [5.41, 5.74) is -0.495. The van der Waals surface area contributed by atoms with Gasteiger partial charge in [0, 0.05) is 13.6 Å². The first-order chi connectivity index (χ1) is 14.4. The van der Waals surface area contributed by atoms with Crippen molar-refractivity contribution in [2.75, 3.05) is 73.1 Å². The maximum Gasteiger partial charge on any atom is 0.410 e. The molecule has 0 saturated heterocycles. The summed E-state index contributed by atoms with van der Waals surface area (Å²) in [4.78, 5) is 13.3. The average molecular weight is 428 g/mol. The predicted octanol–water partition coefficient (Wildman–Crippen LogP) is 3.00. The Kier molecular flexibility index (Phi) is 13.9. The Hall–Kier alpha value is -1.87. The van der Waals surface area contributed by atoms with Crippen LogP contribution in [0.3, 0.4) is 0 Å². The highest BCUT2D eigenvalue weighted by Crippen LogP contribution is 2.09. The summed E-state index contributed by atoms with van der Waals surface area (Å²) in [6.45, 7) is 10.4. The topological polar surface area (TPSA) is 75.7 Å². The predicted molar refractivity (Wildman–Crippen MR) is 114 cm³/mol. The molecule has 1 amide bonds. The summed E-state index contributed by atoms with van der Waals surface area (Å²) in [6, 6.07) is 9.64. The second-order valence-corrected chi connectivity index (χ2v) is 7.51. The first-order valence-corrected chi connectivity index (χ1v) is 10.3. The van der Waals surface area contributed by atoms with E-state index in [9.17, 15) is 4.79 Å². The van der Waals surface area contributed by atoms with Crippen LogP contribution in [0.2, 0.25) is 0 Å². The van der Waals surface area contributed by atoms with Gasteiger partial charge >= 0.3 is 6.09 Å². The van der Waals surface area contributed by atoms with E-state index in [2.05, 4.69) is 0 Å². The Labute approximate surface area is 180 Å². The first-order valence-electron chi connectivity index (χ1n) is 10.3. The molecule has 0 radical (unpaired) electrons. The Morgan fingerprint density at radius 3 is 1.73 bits per heavy atom. The molecule has 0 aliphatic carbocycles. The Bertz CT molecular complexity index is 548. The van der Waals surface area contributed by atoms with Crippen molar-refractivity contribution in [3.05, 3.63) is 30.3 Å². The molecule has 1 aromatic carbocycles. The van der Waals surface area contributed by atoms with Gasteiger partial charge in [0.1, 0.15) is 18.0 Å². The summed E-state index contributed by atoms with van der Waals surface area (Å²) >= 11 is 0. The molecule has 0 bridgehead atoms. The molecule has 172 valence electrons. The van der Waals surface area contributed by atoms with Gasteiger partial charge in [0.15, 0.2) is 0 Å². The van der Waals surface area contributed by atoms with E-state index >= 15 is 0 Å². The van der Waals surface area contributed by atoms with E-state index in [-0.39, 0.29) is 6.09 Å². The van der Waals surface area contributed by atoms with Crippen molar-refractivity contribution in [2.24, 2.45) is 0 Å². The molecule has 30 heavy (non-hydrogen) atoms. The van der Waals surface area contributed by atoms with E-state index in [0.29, 0.717) is 66.0 Å². The van der Waals surface area contributed by atoms with Gasteiger partial charge in [0.2, 0.25) is 0 Å². The van der Waals surface area contributed by atoms with Crippen molar-refractivity contribution in [3.8, 4) is 5.75 Å². The number of hydrogen-bond acceptors (Lipinski definition) is 7. The fourth-order valence-electron chi connectivity index (χ4n) is 2.13. The molecule has 0 aromatic heterocycles. The summed E-state index contributed by atoms with van der Waals surface area (Å²) < 4.78 is 32.6. The number of rotatable bonds is 16. The van der Waals surface area contributed by atoms with E-state index in [4.69, 9.17) is 28.4 Å². The molecule has 0 heterocycles. The normalized spacial score (nSPS) is 11.3. The van der Waals surface area contributed by atoms with Crippen LogP contribution in [0.1, 0.15) is 20.8 Å². The van der Waals surface area contributed by atoms with Crippen molar-refractivity contribution in [3.63, 3.8) is 0 Å². The minimum absolute atomic E-state index is 0.354. The van der Waals surface area contributed by atoms with Crippen LogP contribution in [0.5, 0.6) is 5.75 Å². The fraction of sp³-hybridized carbons (Fsp3) is 0.682. The van der Waals surface area contributed by atoms with Crippen molar-refractivity contribution >= 4 is 6.09 Å². The van der Waals surface area contributed by atoms with Crippen LogP contribution in [0.4, 0.5) is 4.79 Å². The summed E-state index contributed by atoms with van der Waals surface area (Å²) in [5, 5.41) is 0. The lowest BCUT2D eigenvalue weighted by atomic mass is 10.2. The maximum atomic E-state index is 11.8. The molecule has 0 spiro atoms. The van der Waals surface area contributed by atoms with E-state index in [0.717, 1.165) is 5.75 Å². The van der Waals surface area contributed by atoms with Crippen molar-refractivity contribution in [1.82, 2.24) is 4.90 Å². The lowest BCUT2D eigenvalue weighted by molar-refractivity contribution is -0.00780. The zero-order valence-electron chi connectivity index (χ0n) is 18.8. The average Bonchev–Trinajstić information content (AvgIpc) is 2.70. The monoisotopic (exact) mass is 427 g/mol. The van der Waals surface area contributed by atoms with Gasteiger partial charge in [-0.25, -0.2) is 4.79 Å². The molecule has 1 aromatic rings. The molecule has 0 fully saturated rings. The van der Waals surface area contributed by atoms with Gasteiger partial charge in [-0.1, -0.05) is 18.2 Å². The maximum absolute atomic E-state index is 11.8.